The zero-order valence-corrected chi connectivity index (χ0v) is 11.7. The summed E-state index contributed by atoms with van der Waals surface area (Å²) < 4.78 is 23.7. The lowest BCUT2D eigenvalue weighted by atomic mass is 10.0. The highest BCUT2D eigenvalue weighted by Gasteiger charge is 2.18. The van der Waals surface area contributed by atoms with Crippen LogP contribution >= 0.6 is 0 Å². The van der Waals surface area contributed by atoms with Gasteiger partial charge in [-0.1, -0.05) is 12.1 Å². The maximum atomic E-state index is 13.9. The number of phenolic OH excluding ortho intramolecular Hbond substituents is 1. The molecule has 0 bridgehead atoms. The maximum absolute atomic E-state index is 13.9. The molecule has 0 saturated carbocycles. The summed E-state index contributed by atoms with van der Waals surface area (Å²) in [5.41, 5.74) is 0.377. The predicted octanol–water partition coefficient (Wildman–Crippen LogP) is 2.97. The topological polar surface area (TPSA) is 55.8 Å². The van der Waals surface area contributed by atoms with Gasteiger partial charge in [0.1, 0.15) is 23.1 Å². The lowest BCUT2D eigenvalue weighted by Gasteiger charge is -2.08. The van der Waals surface area contributed by atoms with Crippen molar-refractivity contribution in [3.63, 3.8) is 0 Å². The molecular weight excluding hydrogens is 275 g/mol. The molecule has 1 N–H and O–H groups in total. The lowest BCUT2D eigenvalue weighted by molar-refractivity contribution is 0.0986. The molecule has 0 heterocycles. The Morgan fingerprint density at radius 2 is 1.71 bits per heavy atom. The van der Waals surface area contributed by atoms with Crippen LogP contribution < -0.4 is 9.47 Å². The molecule has 2 aromatic carbocycles. The van der Waals surface area contributed by atoms with Crippen molar-refractivity contribution in [2.24, 2.45) is 0 Å². The molecule has 0 aromatic heterocycles. The van der Waals surface area contributed by atoms with Crippen molar-refractivity contribution >= 4 is 5.78 Å². The fraction of sp³-hybridized carbons (Fsp3) is 0.188. The molecule has 0 aliphatic carbocycles. The van der Waals surface area contributed by atoms with E-state index in [9.17, 15) is 14.3 Å². The van der Waals surface area contributed by atoms with Crippen LogP contribution in [0.3, 0.4) is 0 Å². The second-order valence-corrected chi connectivity index (χ2v) is 4.45. The van der Waals surface area contributed by atoms with Crippen LogP contribution in [0.2, 0.25) is 0 Å². The van der Waals surface area contributed by atoms with Crippen LogP contribution in [0.4, 0.5) is 4.39 Å². The lowest BCUT2D eigenvalue weighted by Crippen LogP contribution is -2.07. The average molecular weight is 290 g/mol. The van der Waals surface area contributed by atoms with E-state index in [4.69, 9.17) is 9.47 Å². The fourth-order valence-electron chi connectivity index (χ4n) is 1.98. The van der Waals surface area contributed by atoms with Gasteiger partial charge in [-0.15, -0.1) is 0 Å². The van der Waals surface area contributed by atoms with E-state index >= 15 is 0 Å². The molecule has 0 unspecified atom stereocenters. The first-order valence-corrected chi connectivity index (χ1v) is 6.27. The van der Waals surface area contributed by atoms with Crippen LogP contribution in [0.25, 0.3) is 0 Å². The van der Waals surface area contributed by atoms with Crippen molar-refractivity contribution in [1.82, 2.24) is 0 Å². The number of methoxy groups -OCH3 is 2. The summed E-state index contributed by atoms with van der Waals surface area (Å²) >= 11 is 0. The molecule has 0 aliphatic heterocycles. The molecule has 2 rings (SSSR count). The van der Waals surface area contributed by atoms with E-state index in [-0.39, 0.29) is 17.7 Å². The average Bonchev–Trinajstić information content (AvgIpc) is 2.47. The van der Waals surface area contributed by atoms with Gasteiger partial charge in [-0.2, -0.15) is 0 Å². The van der Waals surface area contributed by atoms with Crippen molar-refractivity contribution in [2.75, 3.05) is 14.2 Å². The normalized spacial score (nSPS) is 10.2. The summed E-state index contributed by atoms with van der Waals surface area (Å²) in [4.78, 5) is 12.1. The van der Waals surface area contributed by atoms with E-state index in [1.807, 2.05) is 0 Å². The molecule has 0 fully saturated rings. The number of aromatic hydroxyl groups is 1. The minimum atomic E-state index is -0.801. The van der Waals surface area contributed by atoms with E-state index in [0.717, 1.165) is 6.07 Å². The first-order chi connectivity index (χ1) is 10.0. The largest absolute Gasteiger partial charge is 0.507 e. The second kappa shape index (κ2) is 6.26. The standard InChI is InChI=1S/C16H15FO4/c1-20-11-5-3-10(4-6-11)7-14(18)16-13(17)8-12(21-2)9-15(16)19/h3-6,8-9,19H,7H2,1-2H3. The fourth-order valence-corrected chi connectivity index (χ4v) is 1.98. The third-order valence-electron chi connectivity index (χ3n) is 3.08. The van der Waals surface area contributed by atoms with Crippen LogP contribution in [0.1, 0.15) is 15.9 Å². The number of Topliss-reactive ketones (excluding diaryl/α,β-unsaturated/α-hetero) is 1. The molecule has 0 spiro atoms. The Morgan fingerprint density at radius 1 is 1.10 bits per heavy atom. The number of rotatable bonds is 5. The summed E-state index contributed by atoms with van der Waals surface area (Å²) in [6.45, 7) is 0. The summed E-state index contributed by atoms with van der Waals surface area (Å²) in [5, 5.41) is 9.77. The first-order valence-electron chi connectivity index (χ1n) is 6.27. The number of carbonyl (C=O) groups excluding carboxylic acids is 1. The summed E-state index contributed by atoms with van der Waals surface area (Å²) in [6, 6.07) is 9.15. The SMILES string of the molecule is COc1ccc(CC(=O)c2c(O)cc(OC)cc2F)cc1. The molecule has 21 heavy (non-hydrogen) atoms. The van der Waals surface area contributed by atoms with Gasteiger partial charge in [-0.3, -0.25) is 4.79 Å². The highest BCUT2D eigenvalue weighted by Crippen LogP contribution is 2.28. The number of ketones is 1. The number of halogens is 1. The van der Waals surface area contributed by atoms with Crippen molar-refractivity contribution in [3.05, 3.63) is 53.3 Å². The molecule has 5 heteroatoms. The molecule has 4 nitrogen and oxygen atoms in total. The van der Waals surface area contributed by atoms with Gasteiger partial charge in [0.05, 0.1) is 19.8 Å². The van der Waals surface area contributed by atoms with Gasteiger partial charge in [-0.05, 0) is 17.7 Å². The number of ether oxygens (including phenoxy) is 2. The third-order valence-corrected chi connectivity index (χ3v) is 3.08. The maximum Gasteiger partial charge on any atom is 0.173 e. The van der Waals surface area contributed by atoms with E-state index in [2.05, 4.69) is 0 Å². The summed E-state index contributed by atoms with van der Waals surface area (Å²) in [7, 11) is 2.90. The number of phenols is 1. The van der Waals surface area contributed by atoms with E-state index in [1.54, 1.807) is 31.4 Å². The predicted molar refractivity (Wildman–Crippen MR) is 75.6 cm³/mol. The Labute approximate surface area is 121 Å². The Morgan fingerprint density at radius 3 is 2.24 bits per heavy atom. The van der Waals surface area contributed by atoms with Gasteiger partial charge in [0.2, 0.25) is 0 Å². The molecule has 110 valence electrons. The van der Waals surface area contributed by atoms with Crippen LogP contribution in [0, 0.1) is 5.82 Å². The van der Waals surface area contributed by atoms with Crippen molar-refractivity contribution < 1.29 is 23.8 Å². The molecule has 0 atom stereocenters. The Balaban J connectivity index is 2.23. The molecule has 0 radical (unpaired) electrons. The van der Waals surface area contributed by atoms with E-state index < -0.39 is 17.3 Å². The van der Waals surface area contributed by atoms with Crippen molar-refractivity contribution in [1.29, 1.82) is 0 Å². The monoisotopic (exact) mass is 290 g/mol. The van der Waals surface area contributed by atoms with Gasteiger partial charge in [0.25, 0.3) is 0 Å². The van der Waals surface area contributed by atoms with Crippen molar-refractivity contribution in [2.45, 2.75) is 6.42 Å². The Bertz CT molecular complexity index is 627. The van der Waals surface area contributed by atoms with Crippen LogP contribution in [0.5, 0.6) is 17.2 Å². The minimum absolute atomic E-state index is 0.0131. The Kier molecular flexibility index (Phi) is 4.42. The van der Waals surface area contributed by atoms with Crippen LogP contribution in [0.15, 0.2) is 36.4 Å². The van der Waals surface area contributed by atoms with E-state index in [0.29, 0.717) is 11.3 Å². The van der Waals surface area contributed by atoms with Crippen molar-refractivity contribution in [3.8, 4) is 17.2 Å². The molecule has 0 saturated heterocycles. The highest BCUT2D eigenvalue weighted by atomic mass is 19.1. The van der Waals surface area contributed by atoms with Gasteiger partial charge in [-0.25, -0.2) is 4.39 Å². The number of hydrogen-bond acceptors (Lipinski definition) is 4. The molecule has 2 aromatic rings. The summed E-state index contributed by atoms with van der Waals surface area (Å²) in [6.07, 6.45) is -0.0131. The van der Waals surface area contributed by atoms with Gasteiger partial charge in [0.15, 0.2) is 5.78 Å². The number of hydrogen-bond donors (Lipinski definition) is 1. The van der Waals surface area contributed by atoms with Gasteiger partial charge >= 0.3 is 0 Å². The molecule has 0 amide bonds. The van der Waals surface area contributed by atoms with E-state index in [1.165, 1.54) is 13.2 Å². The zero-order valence-electron chi connectivity index (χ0n) is 11.7. The number of carbonyl (C=O) groups is 1. The smallest absolute Gasteiger partial charge is 0.173 e. The van der Waals surface area contributed by atoms with Crippen LogP contribution in [-0.2, 0) is 6.42 Å². The number of benzene rings is 2. The summed E-state index contributed by atoms with van der Waals surface area (Å²) in [5.74, 6) is -0.899. The minimum Gasteiger partial charge on any atom is -0.507 e. The quantitative estimate of drug-likeness (QED) is 0.860. The second-order valence-electron chi connectivity index (χ2n) is 4.45. The third kappa shape index (κ3) is 3.31. The Hall–Kier alpha value is -2.56. The zero-order chi connectivity index (χ0) is 15.4. The highest BCUT2D eigenvalue weighted by molar-refractivity contribution is 6.00. The first kappa shape index (κ1) is 14.8. The van der Waals surface area contributed by atoms with Crippen LogP contribution in [-0.4, -0.2) is 25.1 Å². The van der Waals surface area contributed by atoms with Gasteiger partial charge in [0, 0.05) is 18.6 Å². The molecule has 0 aliphatic rings. The molecular formula is C16H15FO4. The van der Waals surface area contributed by atoms with Gasteiger partial charge < -0.3 is 14.6 Å².